The van der Waals surface area contributed by atoms with Crippen LogP contribution in [0, 0.1) is 0 Å². The topological polar surface area (TPSA) is 45.7 Å². The van der Waals surface area contributed by atoms with Crippen LogP contribution in [0.5, 0.6) is 0 Å². The minimum Gasteiger partial charge on any atom is -0.377 e. The Kier molecular flexibility index (Phi) is 10.8. The highest BCUT2D eigenvalue weighted by molar-refractivity contribution is 14.0. The van der Waals surface area contributed by atoms with Gasteiger partial charge in [-0.05, 0) is 50.5 Å². The van der Waals surface area contributed by atoms with Crippen LogP contribution in [-0.4, -0.2) is 36.2 Å². The van der Waals surface area contributed by atoms with Crippen molar-refractivity contribution in [2.45, 2.75) is 51.5 Å². The fraction of sp³-hybridized carbons (Fsp3) is 0.632. The summed E-state index contributed by atoms with van der Waals surface area (Å²) in [5.74, 6) is 2.18. The van der Waals surface area contributed by atoms with Gasteiger partial charge in [0, 0.05) is 24.4 Å². The number of ether oxygens (including phenoxy) is 1. The molecule has 0 aliphatic carbocycles. The Labute approximate surface area is 174 Å². The maximum absolute atomic E-state index is 5.43. The van der Waals surface area contributed by atoms with Crippen LogP contribution in [0.1, 0.15) is 44.7 Å². The number of nitrogens with one attached hydrogen (secondary N) is 2. The van der Waals surface area contributed by atoms with Gasteiger partial charge in [-0.2, -0.15) is 11.8 Å². The van der Waals surface area contributed by atoms with E-state index in [0.717, 1.165) is 25.7 Å². The van der Waals surface area contributed by atoms with Gasteiger partial charge in [0.1, 0.15) is 0 Å². The second-order valence-electron chi connectivity index (χ2n) is 6.40. The van der Waals surface area contributed by atoms with Gasteiger partial charge in [0.25, 0.3) is 0 Å². The first-order chi connectivity index (χ1) is 11.6. The molecule has 1 heterocycles. The summed E-state index contributed by atoms with van der Waals surface area (Å²) in [6.07, 6.45) is 2.61. The lowest BCUT2D eigenvalue weighted by molar-refractivity contribution is 0.134. The quantitative estimate of drug-likeness (QED) is 0.335. The number of guanidine groups is 1. The Balaban J connectivity index is 0.00000312. The first-order valence-corrected chi connectivity index (χ1v) is 9.95. The van der Waals surface area contributed by atoms with E-state index < -0.39 is 0 Å². The highest BCUT2D eigenvalue weighted by Gasteiger charge is 2.29. The van der Waals surface area contributed by atoms with Crippen molar-refractivity contribution in [3.05, 3.63) is 35.4 Å². The van der Waals surface area contributed by atoms with Gasteiger partial charge >= 0.3 is 0 Å². The van der Waals surface area contributed by atoms with Crippen molar-refractivity contribution in [1.29, 1.82) is 0 Å². The Hall–Kier alpha value is -0.470. The van der Waals surface area contributed by atoms with Crippen molar-refractivity contribution in [1.82, 2.24) is 10.6 Å². The van der Waals surface area contributed by atoms with Crippen molar-refractivity contribution in [2.75, 3.05) is 25.4 Å². The molecule has 1 aliphatic rings. The third kappa shape index (κ3) is 8.17. The molecule has 1 aromatic rings. The van der Waals surface area contributed by atoms with Crippen LogP contribution in [0.2, 0.25) is 0 Å². The number of halogens is 1. The lowest BCUT2D eigenvalue weighted by Gasteiger charge is -2.24. The summed E-state index contributed by atoms with van der Waals surface area (Å²) in [6.45, 7) is 10.4. The van der Waals surface area contributed by atoms with E-state index in [9.17, 15) is 0 Å². The zero-order chi connectivity index (χ0) is 17.3. The highest BCUT2D eigenvalue weighted by Crippen LogP contribution is 2.36. The number of benzene rings is 1. The van der Waals surface area contributed by atoms with Crippen LogP contribution in [-0.2, 0) is 17.9 Å². The fourth-order valence-corrected chi connectivity index (χ4v) is 3.96. The summed E-state index contributed by atoms with van der Waals surface area (Å²) in [6, 6.07) is 8.51. The Bertz CT molecular complexity index is 516. The summed E-state index contributed by atoms with van der Waals surface area (Å²) in [5, 5.41) is 6.85. The summed E-state index contributed by atoms with van der Waals surface area (Å²) < 4.78 is 5.77. The van der Waals surface area contributed by atoms with Crippen LogP contribution >= 0.6 is 35.7 Å². The van der Waals surface area contributed by atoms with E-state index in [0.29, 0.717) is 17.9 Å². The molecule has 1 saturated heterocycles. The van der Waals surface area contributed by atoms with Crippen molar-refractivity contribution >= 4 is 41.7 Å². The lowest BCUT2D eigenvalue weighted by atomic mass is 10.1. The normalized spacial score (nSPS) is 20.2. The van der Waals surface area contributed by atoms with Crippen molar-refractivity contribution in [3.8, 4) is 0 Å². The molecule has 0 saturated carbocycles. The minimum absolute atomic E-state index is 0. The molecule has 6 heteroatoms. The molecule has 0 radical (unpaired) electrons. The third-order valence-electron chi connectivity index (χ3n) is 4.19. The second kappa shape index (κ2) is 12.0. The molecule has 1 fully saturated rings. The molecule has 25 heavy (non-hydrogen) atoms. The molecular formula is C19H32IN3OS. The number of hydrogen-bond donors (Lipinski definition) is 2. The van der Waals surface area contributed by atoms with Crippen LogP contribution in [0.15, 0.2) is 29.3 Å². The third-order valence-corrected chi connectivity index (χ3v) is 5.73. The molecule has 1 aliphatic heterocycles. The standard InChI is InChI=1S/C19H31N3OS.HI/c1-4-20-18(22-15-19(3)11-6-12-24-19)21-13-16-7-9-17(10-8-16)14-23-5-2;/h7-10H,4-6,11-15H2,1-3H3,(H2,20,21,22);1H. The maximum atomic E-state index is 5.43. The molecule has 1 aromatic carbocycles. The van der Waals surface area contributed by atoms with E-state index in [1.165, 1.54) is 29.7 Å². The van der Waals surface area contributed by atoms with Crippen LogP contribution in [0.25, 0.3) is 0 Å². The van der Waals surface area contributed by atoms with E-state index in [2.05, 4.69) is 60.5 Å². The number of rotatable bonds is 8. The summed E-state index contributed by atoms with van der Waals surface area (Å²) in [4.78, 5) is 4.72. The summed E-state index contributed by atoms with van der Waals surface area (Å²) in [5.41, 5.74) is 2.43. The van der Waals surface area contributed by atoms with E-state index >= 15 is 0 Å². The molecule has 1 unspecified atom stereocenters. The van der Waals surface area contributed by atoms with Gasteiger partial charge in [0.2, 0.25) is 0 Å². The average Bonchev–Trinajstić information content (AvgIpc) is 3.03. The predicted octanol–water partition coefficient (Wildman–Crippen LogP) is 4.18. The van der Waals surface area contributed by atoms with E-state index in [-0.39, 0.29) is 24.0 Å². The smallest absolute Gasteiger partial charge is 0.191 e. The average molecular weight is 477 g/mol. The van der Waals surface area contributed by atoms with Gasteiger partial charge in [-0.25, -0.2) is 4.99 Å². The van der Waals surface area contributed by atoms with Crippen molar-refractivity contribution < 1.29 is 4.74 Å². The van der Waals surface area contributed by atoms with Gasteiger partial charge in [-0.3, -0.25) is 0 Å². The minimum atomic E-state index is 0. The highest BCUT2D eigenvalue weighted by atomic mass is 127. The largest absolute Gasteiger partial charge is 0.377 e. The molecule has 1 atom stereocenters. The summed E-state index contributed by atoms with van der Waals surface area (Å²) >= 11 is 2.07. The number of thioether (sulfide) groups is 1. The molecule has 4 nitrogen and oxygen atoms in total. The Morgan fingerprint density at radius 3 is 2.52 bits per heavy atom. The SMILES string of the molecule is CCNC(=NCc1ccc(COCC)cc1)NCC1(C)CCCS1.I. The van der Waals surface area contributed by atoms with Gasteiger partial charge in [-0.15, -0.1) is 24.0 Å². The van der Waals surface area contributed by atoms with E-state index in [1.54, 1.807) is 0 Å². The zero-order valence-electron chi connectivity index (χ0n) is 15.6. The number of hydrogen-bond acceptors (Lipinski definition) is 3. The van der Waals surface area contributed by atoms with Crippen LogP contribution in [0.3, 0.4) is 0 Å². The predicted molar refractivity (Wildman–Crippen MR) is 120 cm³/mol. The monoisotopic (exact) mass is 477 g/mol. The Morgan fingerprint density at radius 2 is 1.92 bits per heavy atom. The molecule has 0 aromatic heterocycles. The lowest BCUT2D eigenvalue weighted by Crippen LogP contribution is -2.43. The van der Waals surface area contributed by atoms with Crippen molar-refractivity contribution in [3.63, 3.8) is 0 Å². The number of aliphatic imine (C=N–C) groups is 1. The molecule has 0 spiro atoms. The maximum Gasteiger partial charge on any atom is 0.191 e. The molecule has 142 valence electrons. The molecule has 0 amide bonds. The van der Waals surface area contributed by atoms with Gasteiger partial charge in [-0.1, -0.05) is 24.3 Å². The fourth-order valence-electron chi connectivity index (χ4n) is 2.72. The zero-order valence-corrected chi connectivity index (χ0v) is 18.8. The first-order valence-electron chi connectivity index (χ1n) is 8.97. The van der Waals surface area contributed by atoms with E-state index in [4.69, 9.17) is 9.73 Å². The van der Waals surface area contributed by atoms with Gasteiger partial charge in [0.05, 0.1) is 13.2 Å². The molecule has 2 rings (SSSR count). The van der Waals surface area contributed by atoms with Crippen LogP contribution in [0.4, 0.5) is 0 Å². The molecule has 0 bridgehead atoms. The molecule has 2 N–H and O–H groups in total. The van der Waals surface area contributed by atoms with E-state index in [1.807, 2.05) is 6.92 Å². The first kappa shape index (κ1) is 22.6. The van der Waals surface area contributed by atoms with Gasteiger partial charge < -0.3 is 15.4 Å². The Morgan fingerprint density at radius 1 is 1.20 bits per heavy atom. The van der Waals surface area contributed by atoms with Crippen molar-refractivity contribution in [2.24, 2.45) is 4.99 Å². The van der Waals surface area contributed by atoms with Gasteiger partial charge in [0.15, 0.2) is 5.96 Å². The summed E-state index contributed by atoms with van der Waals surface area (Å²) in [7, 11) is 0. The second-order valence-corrected chi connectivity index (χ2v) is 8.09. The van der Waals surface area contributed by atoms with Crippen LogP contribution < -0.4 is 10.6 Å². The number of nitrogens with zero attached hydrogens (tertiary/aromatic N) is 1. The molecular weight excluding hydrogens is 445 g/mol.